The van der Waals surface area contributed by atoms with Crippen molar-refractivity contribution >= 4 is 30.7 Å². The number of imidazole rings is 1. The van der Waals surface area contributed by atoms with Gasteiger partial charge in [0.2, 0.25) is 0 Å². The maximum Gasteiger partial charge on any atom is 0.250 e. The van der Waals surface area contributed by atoms with Gasteiger partial charge < -0.3 is 15.4 Å². The van der Waals surface area contributed by atoms with Gasteiger partial charge in [-0.05, 0) is 18.6 Å². The lowest BCUT2D eigenvalue weighted by molar-refractivity contribution is -0.134. The predicted octanol–water partition coefficient (Wildman–Crippen LogP) is 1.02. The molecular weight excluding hydrogens is 353 g/mol. The normalized spacial score (nSPS) is 16.6. The molecule has 9 heteroatoms. The summed E-state index contributed by atoms with van der Waals surface area (Å²) >= 11 is 0. The summed E-state index contributed by atoms with van der Waals surface area (Å²) in [6.45, 7) is 4.28. The van der Waals surface area contributed by atoms with Gasteiger partial charge in [-0.3, -0.25) is 9.36 Å². The number of pyridine rings is 1. The second kappa shape index (κ2) is 9.58. The van der Waals surface area contributed by atoms with Crippen molar-refractivity contribution in [2.24, 2.45) is 0 Å². The predicted molar refractivity (Wildman–Crippen MR) is 95.0 cm³/mol. The Labute approximate surface area is 153 Å². The topological polar surface area (TPSA) is 81.1 Å². The van der Waals surface area contributed by atoms with E-state index in [2.05, 4.69) is 20.6 Å². The lowest BCUT2D eigenvalue weighted by Crippen LogP contribution is -2.47. The Bertz CT molecular complexity index is 642. The minimum atomic E-state index is -0.408. The molecule has 2 aromatic rings. The summed E-state index contributed by atoms with van der Waals surface area (Å²) in [5.41, 5.74) is 0.943. The van der Waals surface area contributed by atoms with E-state index in [1.165, 1.54) is 0 Å². The van der Waals surface area contributed by atoms with Gasteiger partial charge in [0.15, 0.2) is 0 Å². The third-order valence-electron chi connectivity index (χ3n) is 3.57. The molecule has 0 radical (unpaired) electrons. The number of hydrogen-bond donors (Lipinski definition) is 2. The van der Waals surface area contributed by atoms with Gasteiger partial charge in [0, 0.05) is 38.2 Å². The summed E-state index contributed by atoms with van der Waals surface area (Å²) in [6.07, 6.45) is 4.96. The summed E-state index contributed by atoms with van der Waals surface area (Å²) in [5, 5.41) is 6.01. The number of aromatic nitrogens is 3. The maximum atomic E-state index is 12.0. The van der Waals surface area contributed by atoms with E-state index in [1.807, 2.05) is 29.8 Å². The first-order chi connectivity index (χ1) is 10.7. The Hall–Kier alpha value is -1.67. The average molecular weight is 374 g/mol. The number of halogens is 2. The Morgan fingerprint density at radius 1 is 1.42 bits per heavy atom. The number of nitrogens with zero attached hydrogens (tertiary/aromatic N) is 3. The van der Waals surface area contributed by atoms with Crippen LogP contribution in [0, 0.1) is 6.92 Å². The fourth-order valence-electron chi connectivity index (χ4n) is 2.32. The summed E-state index contributed by atoms with van der Waals surface area (Å²) in [4.78, 5) is 20.5. The van der Waals surface area contributed by atoms with Crippen LogP contribution in [-0.4, -0.2) is 46.2 Å². The zero-order valence-electron chi connectivity index (χ0n) is 13.3. The van der Waals surface area contributed by atoms with E-state index in [0.29, 0.717) is 19.7 Å². The quantitative estimate of drug-likeness (QED) is 0.836. The number of rotatable bonds is 4. The molecule has 0 aromatic carbocycles. The molecule has 24 heavy (non-hydrogen) atoms. The molecule has 1 saturated heterocycles. The molecule has 1 amide bonds. The third-order valence-corrected chi connectivity index (χ3v) is 3.57. The van der Waals surface area contributed by atoms with E-state index in [-0.39, 0.29) is 30.7 Å². The number of carbonyl (C=O) groups is 1. The van der Waals surface area contributed by atoms with Crippen LogP contribution in [0.5, 0.6) is 0 Å². The second-order valence-corrected chi connectivity index (χ2v) is 5.15. The lowest BCUT2D eigenvalue weighted by atomic mass is 10.2. The molecule has 132 valence electrons. The summed E-state index contributed by atoms with van der Waals surface area (Å²) in [5.74, 6) is 1.60. The van der Waals surface area contributed by atoms with Crippen molar-refractivity contribution in [1.82, 2.24) is 25.2 Å². The Balaban J connectivity index is 0.00000144. The molecule has 0 aliphatic carbocycles. The van der Waals surface area contributed by atoms with Crippen molar-refractivity contribution < 1.29 is 9.53 Å². The van der Waals surface area contributed by atoms with Gasteiger partial charge in [-0.2, -0.15) is 0 Å². The molecule has 0 spiro atoms. The van der Waals surface area contributed by atoms with E-state index in [9.17, 15) is 4.79 Å². The highest BCUT2D eigenvalue weighted by molar-refractivity contribution is 5.85. The van der Waals surface area contributed by atoms with Crippen LogP contribution in [0.2, 0.25) is 0 Å². The van der Waals surface area contributed by atoms with Crippen LogP contribution in [0.3, 0.4) is 0 Å². The lowest BCUT2D eigenvalue weighted by Gasteiger charge is -2.22. The molecule has 3 heterocycles. The number of nitrogens with one attached hydrogen (secondary N) is 2. The summed E-state index contributed by atoms with van der Waals surface area (Å²) in [6, 6.07) is 3.86. The van der Waals surface area contributed by atoms with Gasteiger partial charge in [0.1, 0.15) is 17.7 Å². The number of morpholine rings is 1. The third kappa shape index (κ3) is 4.91. The van der Waals surface area contributed by atoms with Crippen LogP contribution >= 0.6 is 24.8 Å². The molecular formula is C15H21Cl2N5O2. The first-order valence-electron chi connectivity index (χ1n) is 7.29. The molecule has 1 atom stereocenters. The smallest absolute Gasteiger partial charge is 0.250 e. The highest BCUT2D eigenvalue weighted by Gasteiger charge is 2.21. The van der Waals surface area contributed by atoms with E-state index in [0.717, 1.165) is 23.8 Å². The Morgan fingerprint density at radius 3 is 2.83 bits per heavy atom. The number of hydrogen-bond acceptors (Lipinski definition) is 5. The van der Waals surface area contributed by atoms with Gasteiger partial charge >= 0.3 is 0 Å². The minimum absolute atomic E-state index is 0. The zero-order valence-corrected chi connectivity index (χ0v) is 14.9. The Kier molecular flexibility index (Phi) is 8.14. The molecule has 2 N–H and O–H groups in total. The Morgan fingerprint density at radius 2 is 2.25 bits per heavy atom. The van der Waals surface area contributed by atoms with Gasteiger partial charge in [-0.15, -0.1) is 24.8 Å². The molecule has 3 rings (SSSR count). The van der Waals surface area contributed by atoms with E-state index in [1.54, 1.807) is 12.4 Å². The monoisotopic (exact) mass is 373 g/mol. The standard InChI is InChI=1S/C15H19N5O2.2ClH/c1-11-17-4-6-20(11)14-3-2-12(8-18-14)9-19-15(21)13-10-16-5-7-22-13;;/h2-4,6,8,13,16H,5,7,9-10H2,1H3,(H,19,21);2*1H. The average Bonchev–Trinajstić information content (AvgIpc) is 3.00. The van der Waals surface area contributed by atoms with Crippen molar-refractivity contribution in [3.63, 3.8) is 0 Å². The van der Waals surface area contributed by atoms with Crippen LogP contribution in [0.25, 0.3) is 5.82 Å². The van der Waals surface area contributed by atoms with Gasteiger partial charge in [0.25, 0.3) is 5.91 Å². The van der Waals surface area contributed by atoms with Gasteiger partial charge in [-0.1, -0.05) is 6.07 Å². The SMILES string of the molecule is Cc1nccn1-c1ccc(CNC(=O)C2CNCCO2)cn1.Cl.Cl. The minimum Gasteiger partial charge on any atom is -0.366 e. The number of aryl methyl sites for hydroxylation is 1. The summed E-state index contributed by atoms with van der Waals surface area (Å²) in [7, 11) is 0. The van der Waals surface area contributed by atoms with Crippen molar-refractivity contribution in [1.29, 1.82) is 0 Å². The molecule has 1 unspecified atom stereocenters. The molecule has 1 aliphatic heterocycles. The first-order valence-corrected chi connectivity index (χ1v) is 7.29. The van der Waals surface area contributed by atoms with Crippen molar-refractivity contribution in [2.45, 2.75) is 19.6 Å². The number of carbonyl (C=O) groups excluding carboxylic acids is 1. The van der Waals surface area contributed by atoms with Crippen LogP contribution in [0.1, 0.15) is 11.4 Å². The molecule has 7 nitrogen and oxygen atoms in total. The van der Waals surface area contributed by atoms with Gasteiger partial charge in [-0.25, -0.2) is 9.97 Å². The molecule has 2 aromatic heterocycles. The first kappa shape index (κ1) is 20.4. The van der Waals surface area contributed by atoms with Crippen LogP contribution in [0.15, 0.2) is 30.7 Å². The van der Waals surface area contributed by atoms with Crippen molar-refractivity contribution in [3.05, 3.63) is 42.1 Å². The van der Waals surface area contributed by atoms with Crippen LogP contribution in [0.4, 0.5) is 0 Å². The van der Waals surface area contributed by atoms with E-state index < -0.39 is 6.10 Å². The van der Waals surface area contributed by atoms with Crippen molar-refractivity contribution in [3.8, 4) is 5.82 Å². The molecule has 1 fully saturated rings. The fourth-order valence-corrected chi connectivity index (χ4v) is 2.32. The van der Waals surface area contributed by atoms with Crippen LogP contribution in [-0.2, 0) is 16.1 Å². The van der Waals surface area contributed by atoms with Crippen molar-refractivity contribution in [2.75, 3.05) is 19.7 Å². The number of amides is 1. The maximum absolute atomic E-state index is 12.0. The van der Waals surface area contributed by atoms with E-state index >= 15 is 0 Å². The second-order valence-electron chi connectivity index (χ2n) is 5.15. The van der Waals surface area contributed by atoms with Gasteiger partial charge in [0.05, 0.1) is 6.61 Å². The zero-order chi connectivity index (χ0) is 15.4. The van der Waals surface area contributed by atoms with Crippen LogP contribution < -0.4 is 10.6 Å². The molecule has 1 aliphatic rings. The summed E-state index contributed by atoms with van der Waals surface area (Å²) < 4.78 is 7.32. The molecule has 0 bridgehead atoms. The largest absolute Gasteiger partial charge is 0.366 e. The highest BCUT2D eigenvalue weighted by atomic mass is 35.5. The number of ether oxygens (including phenoxy) is 1. The molecule has 0 saturated carbocycles. The fraction of sp³-hybridized carbons (Fsp3) is 0.400. The van der Waals surface area contributed by atoms with E-state index in [4.69, 9.17) is 4.74 Å². The highest BCUT2D eigenvalue weighted by Crippen LogP contribution is 2.08.